The highest BCUT2D eigenvalue weighted by Gasteiger charge is 2.06. The van der Waals surface area contributed by atoms with Crippen molar-refractivity contribution in [2.45, 2.75) is 0 Å². The highest BCUT2D eigenvalue weighted by Crippen LogP contribution is 2.24. The molecule has 0 aliphatic heterocycles. The second-order valence-electron chi connectivity index (χ2n) is 2.60. The van der Waals surface area contributed by atoms with E-state index >= 15 is 0 Å². The lowest BCUT2D eigenvalue weighted by molar-refractivity contribution is 0.622. The van der Waals surface area contributed by atoms with Crippen LogP contribution in [0.1, 0.15) is 0 Å². The van der Waals surface area contributed by atoms with Crippen LogP contribution in [-0.4, -0.2) is 9.78 Å². The Hall–Kier alpha value is -0.900. The molecule has 0 atom stereocenters. The highest BCUT2D eigenvalue weighted by atomic mass is 79.9. The molecule has 0 aliphatic rings. The fourth-order valence-electron chi connectivity index (χ4n) is 1.15. The number of rotatable bonds is 0. The van der Waals surface area contributed by atoms with Crippen molar-refractivity contribution >= 4 is 26.8 Å². The van der Waals surface area contributed by atoms with Gasteiger partial charge in [-0.15, -0.1) is 0 Å². The molecule has 62 valence electrons. The van der Waals surface area contributed by atoms with Gasteiger partial charge < -0.3 is 0 Å². The Bertz CT molecular complexity index is 436. The van der Waals surface area contributed by atoms with Crippen LogP contribution in [-0.2, 0) is 7.05 Å². The number of aromatic nitrogens is 2. The minimum atomic E-state index is -0.277. The van der Waals surface area contributed by atoms with Gasteiger partial charge >= 0.3 is 0 Å². The number of fused-ring (bicyclic) bond motifs is 1. The predicted octanol–water partition coefficient (Wildman–Crippen LogP) is 2.47. The van der Waals surface area contributed by atoms with Crippen LogP contribution >= 0.6 is 15.9 Å². The standard InChI is InChI=1S/C8H6BrFN2/c1-12-4-5-2-3-6(10)7(9)8(5)11-12/h2-4H,1H3. The summed E-state index contributed by atoms with van der Waals surface area (Å²) >= 11 is 3.14. The van der Waals surface area contributed by atoms with Crippen molar-refractivity contribution in [1.29, 1.82) is 0 Å². The van der Waals surface area contributed by atoms with Gasteiger partial charge in [0.05, 0.1) is 4.47 Å². The van der Waals surface area contributed by atoms with E-state index in [0.717, 1.165) is 5.39 Å². The molecule has 1 heterocycles. The summed E-state index contributed by atoms with van der Waals surface area (Å²) in [5, 5.41) is 5.04. The minimum absolute atomic E-state index is 0.277. The monoisotopic (exact) mass is 228 g/mol. The summed E-state index contributed by atoms with van der Waals surface area (Å²) < 4.78 is 15.1. The SMILES string of the molecule is Cn1cc2ccc(F)c(Br)c2n1. The van der Waals surface area contributed by atoms with Crippen molar-refractivity contribution in [3.63, 3.8) is 0 Å². The number of benzene rings is 1. The Balaban J connectivity index is 2.89. The smallest absolute Gasteiger partial charge is 0.139 e. The summed E-state index contributed by atoms with van der Waals surface area (Å²) in [6, 6.07) is 3.14. The predicted molar refractivity (Wildman–Crippen MR) is 48.4 cm³/mol. The lowest BCUT2D eigenvalue weighted by Gasteiger charge is -1.92. The first-order valence-corrected chi connectivity index (χ1v) is 4.25. The first-order valence-electron chi connectivity index (χ1n) is 3.46. The van der Waals surface area contributed by atoms with Crippen LogP contribution in [0.3, 0.4) is 0 Å². The molecule has 12 heavy (non-hydrogen) atoms. The average Bonchev–Trinajstić information content (AvgIpc) is 2.39. The molecule has 0 aliphatic carbocycles. The van der Waals surface area contributed by atoms with E-state index in [-0.39, 0.29) is 5.82 Å². The topological polar surface area (TPSA) is 17.8 Å². The largest absolute Gasteiger partial charge is 0.275 e. The van der Waals surface area contributed by atoms with Crippen molar-refractivity contribution in [1.82, 2.24) is 9.78 Å². The van der Waals surface area contributed by atoms with Gasteiger partial charge in [0.2, 0.25) is 0 Å². The van der Waals surface area contributed by atoms with E-state index in [1.54, 1.807) is 10.7 Å². The van der Waals surface area contributed by atoms with Gasteiger partial charge in [-0.25, -0.2) is 4.39 Å². The van der Waals surface area contributed by atoms with Gasteiger partial charge in [-0.2, -0.15) is 5.10 Å². The molecule has 4 heteroatoms. The minimum Gasteiger partial charge on any atom is -0.275 e. The van der Waals surface area contributed by atoms with E-state index in [2.05, 4.69) is 21.0 Å². The molecule has 0 unspecified atom stereocenters. The summed E-state index contributed by atoms with van der Waals surface area (Å²) in [5.74, 6) is -0.277. The van der Waals surface area contributed by atoms with Crippen LogP contribution in [0.15, 0.2) is 22.8 Å². The van der Waals surface area contributed by atoms with Crippen LogP contribution < -0.4 is 0 Å². The Morgan fingerprint density at radius 2 is 2.25 bits per heavy atom. The van der Waals surface area contributed by atoms with Crippen molar-refractivity contribution in [3.05, 3.63) is 28.6 Å². The molecule has 2 rings (SSSR count). The molecule has 0 spiro atoms. The second-order valence-corrected chi connectivity index (χ2v) is 3.39. The van der Waals surface area contributed by atoms with Gasteiger partial charge in [-0.1, -0.05) is 0 Å². The number of aryl methyl sites for hydroxylation is 1. The van der Waals surface area contributed by atoms with Gasteiger partial charge in [-0.05, 0) is 28.1 Å². The Morgan fingerprint density at radius 3 is 3.00 bits per heavy atom. The Morgan fingerprint density at radius 1 is 1.50 bits per heavy atom. The zero-order valence-corrected chi connectivity index (χ0v) is 7.97. The average molecular weight is 229 g/mol. The second kappa shape index (κ2) is 2.55. The molecule has 2 aromatic rings. The molecule has 2 nitrogen and oxygen atoms in total. The molecule has 1 aromatic heterocycles. The summed E-state index contributed by atoms with van der Waals surface area (Å²) in [6.07, 6.45) is 1.85. The first-order chi connectivity index (χ1) is 5.68. The van der Waals surface area contributed by atoms with Crippen molar-refractivity contribution in [3.8, 4) is 0 Å². The zero-order chi connectivity index (χ0) is 8.72. The molecular weight excluding hydrogens is 223 g/mol. The maximum atomic E-state index is 13.0. The summed E-state index contributed by atoms with van der Waals surface area (Å²) in [7, 11) is 1.81. The van der Waals surface area contributed by atoms with E-state index in [1.807, 2.05) is 13.2 Å². The van der Waals surface area contributed by atoms with Gasteiger partial charge in [0.15, 0.2) is 0 Å². The number of hydrogen-bond donors (Lipinski definition) is 0. The van der Waals surface area contributed by atoms with E-state index in [1.165, 1.54) is 6.07 Å². The molecule has 0 fully saturated rings. The first kappa shape index (κ1) is 7.73. The van der Waals surface area contributed by atoms with E-state index in [4.69, 9.17) is 0 Å². The molecule has 0 amide bonds. The van der Waals surface area contributed by atoms with Gasteiger partial charge in [0.1, 0.15) is 11.3 Å². The summed E-state index contributed by atoms with van der Waals surface area (Å²) in [6.45, 7) is 0. The zero-order valence-electron chi connectivity index (χ0n) is 6.38. The fourth-order valence-corrected chi connectivity index (χ4v) is 1.59. The molecular formula is C8H6BrFN2. The maximum Gasteiger partial charge on any atom is 0.139 e. The Labute approximate surface area is 77.1 Å². The van der Waals surface area contributed by atoms with Crippen LogP contribution in [0, 0.1) is 5.82 Å². The molecule has 0 bridgehead atoms. The van der Waals surface area contributed by atoms with Crippen LogP contribution in [0.2, 0.25) is 0 Å². The van der Waals surface area contributed by atoms with E-state index in [0.29, 0.717) is 9.99 Å². The Kier molecular flexibility index (Phi) is 1.65. The van der Waals surface area contributed by atoms with Gasteiger partial charge in [0.25, 0.3) is 0 Å². The van der Waals surface area contributed by atoms with Crippen molar-refractivity contribution < 1.29 is 4.39 Å². The summed E-state index contributed by atoms with van der Waals surface area (Å²) in [5.41, 5.74) is 0.664. The summed E-state index contributed by atoms with van der Waals surface area (Å²) in [4.78, 5) is 0. The van der Waals surface area contributed by atoms with E-state index in [9.17, 15) is 4.39 Å². The lowest BCUT2D eigenvalue weighted by atomic mass is 10.2. The maximum absolute atomic E-state index is 13.0. The molecule has 0 radical (unpaired) electrons. The third-order valence-electron chi connectivity index (χ3n) is 1.68. The quantitative estimate of drug-likeness (QED) is 0.678. The number of halogens is 2. The fraction of sp³-hybridized carbons (Fsp3) is 0.125. The highest BCUT2D eigenvalue weighted by molar-refractivity contribution is 9.10. The van der Waals surface area contributed by atoms with Crippen LogP contribution in [0.5, 0.6) is 0 Å². The van der Waals surface area contributed by atoms with Gasteiger partial charge in [-0.3, -0.25) is 4.68 Å². The molecule has 0 saturated carbocycles. The van der Waals surface area contributed by atoms with Gasteiger partial charge in [0, 0.05) is 18.6 Å². The van der Waals surface area contributed by atoms with Crippen LogP contribution in [0.4, 0.5) is 4.39 Å². The van der Waals surface area contributed by atoms with Crippen molar-refractivity contribution in [2.75, 3.05) is 0 Å². The van der Waals surface area contributed by atoms with Crippen LogP contribution in [0.25, 0.3) is 10.9 Å². The third-order valence-corrected chi connectivity index (χ3v) is 2.44. The molecule has 0 saturated heterocycles. The van der Waals surface area contributed by atoms with E-state index < -0.39 is 0 Å². The molecule has 0 N–H and O–H groups in total. The number of nitrogens with zero attached hydrogens (tertiary/aromatic N) is 2. The number of hydrogen-bond acceptors (Lipinski definition) is 1. The van der Waals surface area contributed by atoms with Crippen molar-refractivity contribution in [2.24, 2.45) is 7.05 Å². The molecule has 1 aromatic carbocycles. The lowest BCUT2D eigenvalue weighted by Crippen LogP contribution is -1.85. The normalized spacial score (nSPS) is 10.9. The third kappa shape index (κ3) is 1.03.